The smallest absolute Gasteiger partial charge is 0.338 e. The van der Waals surface area contributed by atoms with Crippen molar-refractivity contribution in [2.24, 2.45) is 0 Å². The van der Waals surface area contributed by atoms with Gasteiger partial charge in [-0.15, -0.1) is 0 Å². The number of rotatable bonds is 16. The fraction of sp³-hybridized carbons (Fsp3) is 0.0211. The molecule has 2 aliphatic heterocycles. The maximum Gasteiger partial charge on any atom is 0.338 e. The number of esters is 2. The Balaban J connectivity index is 0.806. The van der Waals surface area contributed by atoms with Crippen molar-refractivity contribution < 1.29 is 19.1 Å². The molecule has 0 fully saturated rings. The van der Waals surface area contributed by atoms with Crippen LogP contribution in [0.3, 0.4) is 0 Å². The quantitative estimate of drug-likeness (QED) is 0.0677. The van der Waals surface area contributed by atoms with Crippen molar-refractivity contribution in [3.63, 3.8) is 0 Å². The first kappa shape index (κ1) is 64.4. The molecule has 13 heteroatoms. The molecule has 0 aliphatic carbocycles. The Morgan fingerprint density at radius 1 is 0.306 bits per heavy atom. The summed E-state index contributed by atoms with van der Waals surface area (Å²) in [6.45, 7) is 0.110. The summed E-state index contributed by atoms with van der Waals surface area (Å²) < 4.78 is 14.1. The first-order chi connectivity index (χ1) is 53.4. The molecule has 0 saturated heterocycles. The highest BCUT2D eigenvalue weighted by molar-refractivity contribution is 7.00. The zero-order valence-corrected chi connectivity index (χ0v) is 58.3. The van der Waals surface area contributed by atoms with Crippen molar-refractivity contribution in [3.8, 4) is 84.9 Å². The van der Waals surface area contributed by atoms with E-state index >= 15 is 0 Å². The van der Waals surface area contributed by atoms with Gasteiger partial charge in [-0.3, -0.25) is 0 Å². The van der Waals surface area contributed by atoms with E-state index in [0.29, 0.717) is 67.7 Å². The summed E-state index contributed by atoms with van der Waals surface area (Å²) in [6, 6.07) is 121. The van der Waals surface area contributed by atoms with E-state index in [2.05, 4.69) is 184 Å². The van der Waals surface area contributed by atoms with Crippen molar-refractivity contribution in [2.75, 3.05) is 9.80 Å². The van der Waals surface area contributed by atoms with Gasteiger partial charge in [-0.25, -0.2) is 34.5 Å². The summed E-state index contributed by atoms with van der Waals surface area (Å²) in [5, 5.41) is 1.41. The predicted octanol–water partition coefficient (Wildman–Crippen LogP) is 20.2. The Hall–Kier alpha value is -14.4. The van der Waals surface area contributed by atoms with Gasteiger partial charge < -0.3 is 23.8 Å². The second kappa shape index (κ2) is 27.6. The van der Waals surface area contributed by atoms with Crippen molar-refractivity contribution >= 4 is 91.0 Å². The third kappa shape index (κ3) is 11.9. The zero-order chi connectivity index (χ0) is 72.0. The maximum absolute atomic E-state index is 14.3. The Labute approximate surface area is 623 Å². The number of aromatic nitrogens is 6. The highest BCUT2D eigenvalue weighted by atomic mass is 16.5. The van der Waals surface area contributed by atoms with Gasteiger partial charge in [0.15, 0.2) is 23.3 Å². The van der Waals surface area contributed by atoms with E-state index < -0.39 is 11.9 Å². The second-order valence-corrected chi connectivity index (χ2v) is 26.9. The highest BCUT2D eigenvalue weighted by Crippen LogP contribution is 2.49. The van der Waals surface area contributed by atoms with Crippen LogP contribution < -0.4 is 26.2 Å². The molecule has 5 heterocycles. The van der Waals surface area contributed by atoms with Crippen LogP contribution in [-0.2, 0) is 22.7 Å². The van der Waals surface area contributed by atoms with Crippen LogP contribution in [0.25, 0.3) is 107 Å². The predicted molar refractivity (Wildman–Crippen MR) is 433 cm³/mol. The number of carbonyl (C=O) groups excluding carboxylic acids is 2. The normalized spacial score (nSPS) is 12.0. The monoisotopic (exact) mass is 1390 g/mol. The fourth-order valence-electron chi connectivity index (χ4n) is 15.3. The molecule has 108 heavy (non-hydrogen) atoms. The van der Waals surface area contributed by atoms with Crippen molar-refractivity contribution in [1.82, 2.24) is 29.5 Å². The lowest BCUT2D eigenvalue weighted by molar-refractivity contribution is 0.0464. The van der Waals surface area contributed by atoms with Crippen molar-refractivity contribution in [2.45, 2.75) is 13.2 Å². The number of anilines is 6. The molecule has 0 radical (unpaired) electrons. The Morgan fingerprint density at radius 3 is 1.25 bits per heavy atom. The standard InChI is InChI=1S/C95H63BN8O4/c105-94(107-60-62-26-8-1-9-27-62)70-49-53-82-75(57-70)76-58-71(95(106)108-61-63-28-10-2-11-29-63)50-54-83(76)104(82)84-52-48-69(93-100-91(66-32-14-4-15-33-66)99-92(101-93)67-34-16-5-17-35-67)56-77(84)81-59-80(65-30-12-3-13-31-65)97-90(98-81)68-46-44-64(45-47-68)74-51-55-87-88-89(74)103(73-38-20-7-21-39-73)86-43-25-23-41-79(86)96(88)78-40-22-24-42-85(78)102(87)72-36-18-6-19-37-72/h1-59H,60-61H2. The van der Waals surface area contributed by atoms with Crippen molar-refractivity contribution in [3.05, 3.63) is 380 Å². The maximum atomic E-state index is 14.3. The molecule has 0 unspecified atom stereocenters. The summed E-state index contributed by atoms with van der Waals surface area (Å²) >= 11 is 0. The van der Waals surface area contributed by atoms with E-state index in [-0.39, 0.29) is 19.9 Å². The van der Waals surface area contributed by atoms with Crippen LogP contribution in [0, 0.1) is 0 Å². The van der Waals surface area contributed by atoms with Gasteiger partial charge in [0.25, 0.3) is 6.71 Å². The molecule has 2 aliphatic rings. The van der Waals surface area contributed by atoms with E-state index in [1.165, 1.54) is 16.4 Å². The highest BCUT2D eigenvalue weighted by Gasteiger charge is 2.44. The van der Waals surface area contributed by atoms with E-state index in [1.54, 1.807) is 12.1 Å². The first-order valence-electron chi connectivity index (χ1n) is 36.0. The summed E-state index contributed by atoms with van der Waals surface area (Å²) in [5.41, 5.74) is 23.1. The van der Waals surface area contributed by atoms with E-state index in [9.17, 15) is 9.59 Å². The number of hydrogen-bond donors (Lipinski definition) is 0. The molecule has 0 saturated carbocycles. The molecule has 19 rings (SSSR count). The molecular weight excluding hydrogens is 1330 g/mol. The lowest BCUT2D eigenvalue weighted by Crippen LogP contribution is -2.61. The summed E-state index contributed by atoms with van der Waals surface area (Å²) in [7, 11) is 0. The van der Waals surface area contributed by atoms with Gasteiger partial charge >= 0.3 is 11.9 Å². The number of ether oxygens (including phenoxy) is 2. The van der Waals surface area contributed by atoms with Crippen LogP contribution in [0.5, 0.6) is 0 Å². The molecule has 14 aromatic carbocycles. The van der Waals surface area contributed by atoms with Gasteiger partial charge in [-0.2, -0.15) is 0 Å². The number of para-hydroxylation sites is 4. The summed E-state index contributed by atoms with van der Waals surface area (Å²) in [6.07, 6.45) is 0. The number of hydrogen-bond acceptors (Lipinski definition) is 11. The van der Waals surface area contributed by atoms with Crippen LogP contribution in [0.15, 0.2) is 358 Å². The first-order valence-corrected chi connectivity index (χ1v) is 36.0. The average molecular weight is 1390 g/mol. The van der Waals surface area contributed by atoms with Crippen LogP contribution in [0.1, 0.15) is 31.8 Å². The molecule has 0 spiro atoms. The number of carbonyl (C=O) groups is 2. The van der Waals surface area contributed by atoms with Crippen LogP contribution in [0.2, 0.25) is 0 Å². The Kier molecular flexibility index (Phi) is 16.5. The zero-order valence-electron chi connectivity index (χ0n) is 58.3. The molecule has 3 aromatic heterocycles. The largest absolute Gasteiger partial charge is 0.457 e. The average Bonchev–Trinajstić information content (AvgIpc) is 0.842. The number of nitrogens with zero attached hydrogens (tertiary/aromatic N) is 8. The topological polar surface area (TPSA) is 128 Å². The Bertz CT molecular complexity index is 6110. The van der Waals surface area contributed by atoms with E-state index in [0.717, 1.165) is 95.4 Å². The number of fused-ring (bicyclic) bond motifs is 7. The fourth-order valence-corrected chi connectivity index (χ4v) is 15.3. The summed E-state index contributed by atoms with van der Waals surface area (Å²) in [4.78, 5) is 60.2. The van der Waals surface area contributed by atoms with Gasteiger partial charge in [-0.1, -0.05) is 255 Å². The number of benzene rings is 14. The Morgan fingerprint density at radius 2 is 0.713 bits per heavy atom. The van der Waals surface area contributed by atoms with Crippen LogP contribution >= 0.6 is 0 Å². The molecule has 0 bridgehead atoms. The summed E-state index contributed by atoms with van der Waals surface area (Å²) in [5.74, 6) is 0.984. The van der Waals surface area contributed by atoms with Gasteiger partial charge in [0, 0.05) is 78.2 Å². The van der Waals surface area contributed by atoms with Crippen LogP contribution in [-0.4, -0.2) is 48.1 Å². The molecule has 0 amide bonds. The SMILES string of the molecule is O=C(OCc1ccccc1)c1ccc2c(c1)c1cc(C(=O)OCc3ccccc3)ccc1n2-c1ccc(-c2nc(-c3ccccc3)nc(-c3ccccc3)n2)cc1-c1cc(-c2ccccc2)nc(-c2ccc(-c3ccc4c5c3N(c3ccccc3)c3ccccc3B5c3ccccc3N4c3ccccc3)cc2)n1. The molecular formula is C95H63BN8O4. The minimum absolute atomic E-state index is 0.0696. The molecule has 17 aromatic rings. The van der Waals surface area contributed by atoms with Gasteiger partial charge in [0.05, 0.1) is 44.9 Å². The van der Waals surface area contributed by atoms with Crippen LogP contribution in [0.4, 0.5) is 34.1 Å². The van der Waals surface area contributed by atoms with Gasteiger partial charge in [0.1, 0.15) is 13.2 Å². The van der Waals surface area contributed by atoms with Gasteiger partial charge in [-0.05, 0) is 136 Å². The van der Waals surface area contributed by atoms with Crippen molar-refractivity contribution in [1.29, 1.82) is 0 Å². The third-order valence-electron chi connectivity index (χ3n) is 20.3. The second-order valence-electron chi connectivity index (χ2n) is 26.9. The molecule has 0 atom stereocenters. The third-order valence-corrected chi connectivity index (χ3v) is 20.3. The lowest BCUT2D eigenvalue weighted by atomic mass is 9.33. The molecule has 510 valence electrons. The minimum atomic E-state index is -0.491. The van der Waals surface area contributed by atoms with E-state index in [4.69, 9.17) is 34.4 Å². The minimum Gasteiger partial charge on any atom is -0.457 e. The molecule has 12 nitrogen and oxygen atoms in total. The van der Waals surface area contributed by atoms with Gasteiger partial charge in [0.2, 0.25) is 0 Å². The van der Waals surface area contributed by atoms with E-state index in [1.807, 2.05) is 176 Å². The lowest BCUT2D eigenvalue weighted by Gasteiger charge is -2.45. The molecule has 0 N–H and O–H groups in total.